The number of aryl methyl sites for hydroxylation is 1. The van der Waals surface area contributed by atoms with Crippen molar-refractivity contribution < 1.29 is 17.2 Å². The number of halogens is 2. The second-order valence-corrected chi connectivity index (χ2v) is 8.17. The van der Waals surface area contributed by atoms with Gasteiger partial charge in [-0.2, -0.15) is 0 Å². The highest BCUT2D eigenvalue weighted by atomic mass is 32.2. The zero-order valence-corrected chi connectivity index (χ0v) is 15.2. The summed E-state index contributed by atoms with van der Waals surface area (Å²) in [6, 6.07) is 10.7. The van der Waals surface area contributed by atoms with Crippen LogP contribution < -0.4 is 9.62 Å². The van der Waals surface area contributed by atoms with Crippen LogP contribution in [0.25, 0.3) is 0 Å². The lowest BCUT2D eigenvalue weighted by Gasteiger charge is -2.17. The first-order chi connectivity index (χ1) is 12.5. The number of benzene rings is 2. The van der Waals surface area contributed by atoms with Crippen LogP contribution in [0.4, 0.5) is 14.5 Å². The molecule has 1 heterocycles. The van der Waals surface area contributed by atoms with E-state index in [-0.39, 0.29) is 6.54 Å². The molecule has 0 bridgehead atoms. The number of hydrogen-bond donors (Lipinski definition) is 1. The Morgan fingerprint density at radius 2 is 1.69 bits per heavy atom. The maximum atomic E-state index is 13.6. The largest absolute Gasteiger partial charge is 0.372 e. The average Bonchev–Trinajstić information content (AvgIpc) is 3.13. The molecule has 0 amide bonds. The number of anilines is 1. The van der Waals surface area contributed by atoms with E-state index < -0.39 is 26.6 Å². The Morgan fingerprint density at radius 3 is 2.35 bits per heavy atom. The summed E-state index contributed by atoms with van der Waals surface area (Å²) in [6.45, 7) is 2.38. The first-order valence-corrected chi connectivity index (χ1v) is 10.2. The maximum absolute atomic E-state index is 13.6. The van der Waals surface area contributed by atoms with Crippen LogP contribution >= 0.6 is 0 Å². The summed E-state index contributed by atoms with van der Waals surface area (Å²) in [6.07, 6.45) is 3.77. The summed E-state index contributed by atoms with van der Waals surface area (Å²) in [4.78, 5) is 1.82. The van der Waals surface area contributed by atoms with Crippen molar-refractivity contribution in [3.8, 4) is 0 Å². The summed E-state index contributed by atoms with van der Waals surface area (Å²) in [5.74, 6) is -1.89. The van der Waals surface area contributed by atoms with Gasteiger partial charge in [0.15, 0.2) is 0 Å². The predicted molar refractivity (Wildman–Crippen MR) is 97.8 cm³/mol. The molecule has 0 radical (unpaired) electrons. The molecule has 1 saturated heterocycles. The summed E-state index contributed by atoms with van der Waals surface area (Å²) < 4.78 is 53.1. The van der Waals surface area contributed by atoms with Gasteiger partial charge < -0.3 is 4.90 Å². The second kappa shape index (κ2) is 8.14. The molecule has 2 aromatic rings. The predicted octanol–water partition coefficient (Wildman–Crippen LogP) is 3.48. The second-order valence-electron chi connectivity index (χ2n) is 6.44. The Hall–Kier alpha value is -1.99. The standard InChI is InChI=1S/C19H22F2N2O2S/c20-16-7-10-19(18(21)14-16)26(24,25)22-11-3-4-15-5-8-17(9-6-15)23-12-1-2-13-23/h5-10,14,22H,1-4,11-13H2. The molecule has 0 saturated carbocycles. The first kappa shape index (κ1) is 18.8. The summed E-state index contributed by atoms with van der Waals surface area (Å²) >= 11 is 0. The van der Waals surface area contributed by atoms with Crippen molar-refractivity contribution in [1.82, 2.24) is 4.72 Å². The third-order valence-corrected chi connectivity index (χ3v) is 6.02. The summed E-state index contributed by atoms with van der Waals surface area (Å²) in [7, 11) is -3.98. The van der Waals surface area contributed by atoms with Gasteiger partial charge in [-0.15, -0.1) is 0 Å². The molecular weight excluding hydrogens is 358 g/mol. The van der Waals surface area contributed by atoms with Gasteiger partial charge in [-0.3, -0.25) is 0 Å². The van der Waals surface area contributed by atoms with Gasteiger partial charge in [-0.1, -0.05) is 12.1 Å². The molecule has 0 aliphatic carbocycles. The molecule has 0 aromatic heterocycles. The number of nitrogens with one attached hydrogen (secondary N) is 1. The Kier molecular flexibility index (Phi) is 5.88. The molecule has 26 heavy (non-hydrogen) atoms. The summed E-state index contributed by atoms with van der Waals surface area (Å²) in [5, 5.41) is 0. The Balaban J connectivity index is 1.50. The van der Waals surface area contributed by atoms with E-state index in [0.717, 1.165) is 30.8 Å². The van der Waals surface area contributed by atoms with E-state index in [1.54, 1.807) is 0 Å². The first-order valence-electron chi connectivity index (χ1n) is 8.74. The van der Waals surface area contributed by atoms with Gasteiger partial charge in [0.05, 0.1) is 0 Å². The van der Waals surface area contributed by atoms with E-state index in [1.165, 1.54) is 18.5 Å². The lowest BCUT2D eigenvalue weighted by molar-refractivity contribution is 0.542. The molecular formula is C19H22F2N2O2S. The van der Waals surface area contributed by atoms with E-state index in [1.807, 2.05) is 0 Å². The Bertz CT molecular complexity index is 848. The molecule has 4 nitrogen and oxygen atoms in total. The molecule has 1 aliphatic rings. The summed E-state index contributed by atoms with van der Waals surface area (Å²) in [5.41, 5.74) is 2.35. The van der Waals surface area contributed by atoms with Crippen LogP contribution in [0.2, 0.25) is 0 Å². The molecule has 1 fully saturated rings. The van der Waals surface area contributed by atoms with Crippen LogP contribution in [-0.4, -0.2) is 28.1 Å². The molecule has 0 unspecified atom stereocenters. The highest BCUT2D eigenvalue weighted by Gasteiger charge is 2.18. The minimum atomic E-state index is -3.98. The molecule has 7 heteroatoms. The fourth-order valence-electron chi connectivity index (χ4n) is 3.12. The van der Waals surface area contributed by atoms with Gasteiger partial charge in [0.25, 0.3) is 0 Å². The number of rotatable bonds is 7. The average molecular weight is 380 g/mol. The van der Waals surface area contributed by atoms with Crippen LogP contribution in [0.3, 0.4) is 0 Å². The van der Waals surface area contributed by atoms with Crippen LogP contribution in [0.15, 0.2) is 47.4 Å². The molecule has 3 rings (SSSR count). The Morgan fingerprint density at radius 1 is 1.00 bits per heavy atom. The molecule has 1 aliphatic heterocycles. The lowest BCUT2D eigenvalue weighted by atomic mass is 10.1. The van der Waals surface area contributed by atoms with Crippen LogP contribution in [0.1, 0.15) is 24.8 Å². The van der Waals surface area contributed by atoms with Crippen molar-refractivity contribution in [2.45, 2.75) is 30.6 Å². The molecule has 2 aromatic carbocycles. The Labute approximate surface area is 152 Å². The van der Waals surface area contributed by atoms with E-state index in [9.17, 15) is 17.2 Å². The topological polar surface area (TPSA) is 49.4 Å². The van der Waals surface area contributed by atoms with Crippen molar-refractivity contribution >= 4 is 15.7 Å². The van der Waals surface area contributed by atoms with Gasteiger partial charge in [0.2, 0.25) is 10.0 Å². The number of hydrogen-bond acceptors (Lipinski definition) is 3. The minimum absolute atomic E-state index is 0.188. The lowest BCUT2D eigenvalue weighted by Crippen LogP contribution is -2.26. The van der Waals surface area contributed by atoms with Gasteiger partial charge in [0, 0.05) is 31.4 Å². The van der Waals surface area contributed by atoms with Gasteiger partial charge >= 0.3 is 0 Å². The van der Waals surface area contributed by atoms with Gasteiger partial charge in [0.1, 0.15) is 16.5 Å². The van der Waals surface area contributed by atoms with E-state index in [2.05, 4.69) is 33.9 Å². The smallest absolute Gasteiger partial charge is 0.243 e. The highest BCUT2D eigenvalue weighted by molar-refractivity contribution is 7.89. The normalized spacial score (nSPS) is 14.8. The monoisotopic (exact) mass is 380 g/mol. The number of nitrogens with zero attached hydrogens (tertiary/aromatic N) is 1. The third kappa shape index (κ3) is 4.59. The SMILES string of the molecule is O=S(=O)(NCCCc1ccc(N2CCCC2)cc1)c1ccc(F)cc1F. The molecule has 140 valence electrons. The van der Waals surface area contributed by atoms with Crippen LogP contribution in [0.5, 0.6) is 0 Å². The zero-order chi connectivity index (χ0) is 18.6. The van der Waals surface area contributed by atoms with Crippen molar-refractivity contribution in [3.63, 3.8) is 0 Å². The van der Waals surface area contributed by atoms with Crippen LogP contribution in [-0.2, 0) is 16.4 Å². The van der Waals surface area contributed by atoms with Crippen molar-refractivity contribution in [2.24, 2.45) is 0 Å². The highest BCUT2D eigenvalue weighted by Crippen LogP contribution is 2.21. The maximum Gasteiger partial charge on any atom is 0.243 e. The van der Waals surface area contributed by atoms with E-state index in [0.29, 0.717) is 18.9 Å². The van der Waals surface area contributed by atoms with Gasteiger partial charge in [-0.05, 0) is 55.5 Å². The third-order valence-electron chi connectivity index (χ3n) is 4.53. The van der Waals surface area contributed by atoms with Crippen molar-refractivity contribution in [3.05, 3.63) is 59.7 Å². The van der Waals surface area contributed by atoms with E-state index in [4.69, 9.17) is 0 Å². The fourth-order valence-corrected chi connectivity index (χ4v) is 4.25. The quantitative estimate of drug-likeness (QED) is 0.749. The van der Waals surface area contributed by atoms with Gasteiger partial charge in [-0.25, -0.2) is 21.9 Å². The van der Waals surface area contributed by atoms with Crippen molar-refractivity contribution in [2.75, 3.05) is 24.5 Å². The molecule has 0 spiro atoms. The molecule has 0 atom stereocenters. The minimum Gasteiger partial charge on any atom is -0.372 e. The van der Waals surface area contributed by atoms with Crippen molar-refractivity contribution in [1.29, 1.82) is 0 Å². The molecule has 1 N–H and O–H groups in total. The number of sulfonamides is 1. The fraction of sp³-hybridized carbons (Fsp3) is 0.368. The van der Waals surface area contributed by atoms with E-state index >= 15 is 0 Å². The zero-order valence-electron chi connectivity index (χ0n) is 14.4. The van der Waals surface area contributed by atoms with Crippen LogP contribution in [0, 0.1) is 11.6 Å².